The van der Waals surface area contributed by atoms with Crippen LogP contribution in [0.15, 0.2) is 12.1 Å². The SMILES string of the molecule is CNC1CCNc2c1ccc(F)c2F. The van der Waals surface area contributed by atoms with E-state index in [1.165, 1.54) is 6.07 Å². The molecule has 0 saturated heterocycles. The highest BCUT2D eigenvalue weighted by Crippen LogP contribution is 2.32. The summed E-state index contributed by atoms with van der Waals surface area (Å²) in [4.78, 5) is 0. The number of halogens is 2. The molecule has 0 radical (unpaired) electrons. The molecular weight excluding hydrogens is 186 g/mol. The van der Waals surface area contributed by atoms with Crippen molar-refractivity contribution in [3.8, 4) is 0 Å². The van der Waals surface area contributed by atoms with Gasteiger partial charge in [-0.1, -0.05) is 6.07 Å². The molecule has 2 nitrogen and oxygen atoms in total. The van der Waals surface area contributed by atoms with Gasteiger partial charge in [0.25, 0.3) is 0 Å². The summed E-state index contributed by atoms with van der Waals surface area (Å²) < 4.78 is 26.2. The standard InChI is InChI=1S/C10H12F2N2/c1-13-8-4-5-14-10-6(8)2-3-7(11)9(10)12/h2-3,8,13-14H,4-5H2,1H3. The number of nitrogens with one attached hydrogen (secondary N) is 2. The summed E-state index contributed by atoms with van der Waals surface area (Å²) in [5.74, 6) is -1.57. The minimum absolute atomic E-state index is 0.112. The lowest BCUT2D eigenvalue weighted by Gasteiger charge is -2.26. The Morgan fingerprint density at radius 2 is 2.21 bits per heavy atom. The first-order valence-corrected chi connectivity index (χ1v) is 4.63. The Morgan fingerprint density at radius 3 is 2.93 bits per heavy atom. The lowest BCUT2D eigenvalue weighted by Crippen LogP contribution is -2.26. The number of rotatable bonds is 1. The quantitative estimate of drug-likeness (QED) is 0.721. The Labute approximate surface area is 81.3 Å². The lowest BCUT2D eigenvalue weighted by atomic mass is 9.98. The van der Waals surface area contributed by atoms with Crippen LogP contribution >= 0.6 is 0 Å². The lowest BCUT2D eigenvalue weighted by molar-refractivity contribution is 0.493. The van der Waals surface area contributed by atoms with E-state index >= 15 is 0 Å². The second-order valence-electron chi connectivity index (χ2n) is 3.38. The van der Waals surface area contributed by atoms with Crippen molar-refractivity contribution in [3.63, 3.8) is 0 Å². The molecular formula is C10H12F2N2. The molecule has 1 aliphatic heterocycles. The maximum atomic E-state index is 13.3. The largest absolute Gasteiger partial charge is 0.382 e. The van der Waals surface area contributed by atoms with Gasteiger partial charge in [-0.25, -0.2) is 8.78 Å². The van der Waals surface area contributed by atoms with Crippen LogP contribution < -0.4 is 10.6 Å². The third-order valence-corrected chi connectivity index (χ3v) is 2.59. The first-order valence-electron chi connectivity index (χ1n) is 4.63. The number of hydrogen-bond donors (Lipinski definition) is 2. The predicted molar refractivity (Wildman–Crippen MR) is 51.3 cm³/mol. The van der Waals surface area contributed by atoms with Crippen LogP contribution in [-0.2, 0) is 0 Å². The average molecular weight is 198 g/mol. The molecule has 1 aliphatic rings. The third kappa shape index (κ3) is 1.35. The number of fused-ring (bicyclic) bond motifs is 1. The van der Waals surface area contributed by atoms with Gasteiger partial charge >= 0.3 is 0 Å². The second-order valence-corrected chi connectivity index (χ2v) is 3.38. The van der Waals surface area contributed by atoms with Gasteiger partial charge in [-0.3, -0.25) is 0 Å². The van der Waals surface area contributed by atoms with Gasteiger partial charge in [0, 0.05) is 12.6 Å². The molecule has 1 aromatic carbocycles. The minimum Gasteiger partial charge on any atom is -0.382 e. The van der Waals surface area contributed by atoms with Gasteiger partial charge in [-0.05, 0) is 25.1 Å². The van der Waals surface area contributed by atoms with Gasteiger partial charge < -0.3 is 10.6 Å². The predicted octanol–water partition coefficient (Wildman–Crippen LogP) is 2.04. The van der Waals surface area contributed by atoms with Crippen molar-refractivity contribution in [1.82, 2.24) is 5.32 Å². The third-order valence-electron chi connectivity index (χ3n) is 2.59. The summed E-state index contributed by atoms with van der Waals surface area (Å²) in [5.41, 5.74) is 1.10. The average Bonchev–Trinajstić information content (AvgIpc) is 2.23. The van der Waals surface area contributed by atoms with Crippen molar-refractivity contribution in [3.05, 3.63) is 29.3 Å². The smallest absolute Gasteiger partial charge is 0.182 e. The molecule has 76 valence electrons. The number of hydrogen-bond acceptors (Lipinski definition) is 2. The fraction of sp³-hybridized carbons (Fsp3) is 0.400. The van der Waals surface area contributed by atoms with Gasteiger partial charge in [-0.2, -0.15) is 0 Å². The Kier molecular flexibility index (Phi) is 2.37. The maximum Gasteiger partial charge on any atom is 0.182 e. The normalized spacial score (nSPS) is 20.1. The monoisotopic (exact) mass is 198 g/mol. The van der Waals surface area contributed by atoms with Crippen LogP contribution in [0.2, 0.25) is 0 Å². The molecule has 14 heavy (non-hydrogen) atoms. The van der Waals surface area contributed by atoms with Gasteiger partial charge in [0.05, 0.1) is 5.69 Å². The Morgan fingerprint density at radius 1 is 1.43 bits per heavy atom. The maximum absolute atomic E-state index is 13.3. The molecule has 2 N–H and O–H groups in total. The highest BCUT2D eigenvalue weighted by Gasteiger charge is 2.22. The van der Waals surface area contributed by atoms with E-state index in [9.17, 15) is 8.78 Å². The fourth-order valence-electron chi connectivity index (χ4n) is 1.83. The van der Waals surface area contributed by atoms with Gasteiger partial charge in [-0.15, -0.1) is 0 Å². The molecule has 0 aliphatic carbocycles. The summed E-state index contributed by atoms with van der Waals surface area (Å²) in [5, 5.41) is 5.96. The van der Waals surface area contributed by atoms with Crippen LogP contribution in [0.1, 0.15) is 18.0 Å². The summed E-state index contributed by atoms with van der Waals surface area (Å²) in [6.07, 6.45) is 0.884. The van der Waals surface area contributed by atoms with E-state index < -0.39 is 11.6 Å². The van der Waals surface area contributed by atoms with Crippen molar-refractivity contribution in [2.75, 3.05) is 18.9 Å². The summed E-state index contributed by atoms with van der Waals surface area (Å²) in [6.45, 7) is 0.666. The fourth-order valence-corrected chi connectivity index (χ4v) is 1.83. The molecule has 1 aromatic rings. The van der Waals surface area contributed by atoms with E-state index in [2.05, 4.69) is 10.6 Å². The number of anilines is 1. The van der Waals surface area contributed by atoms with Gasteiger partial charge in [0.1, 0.15) is 0 Å². The van der Waals surface area contributed by atoms with E-state index in [4.69, 9.17) is 0 Å². The van der Waals surface area contributed by atoms with Crippen molar-refractivity contribution in [2.45, 2.75) is 12.5 Å². The van der Waals surface area contributed by atoms with Crippen molar-refractivity contribution in [1.29, 1.82) is 0 Å². The van der Waals surface area contributed by atoms with E-state index in [0.717, 1.165) is 12.0 Å². The van der Waals surface area contributed by atoms with Crippen molar-refractivity contribution >= 4 is 5.69 Å². The van der Waals surface area contributed by atoms with E-state index in [1.54, 1.807) is 6.07 Å². The molecule has 1 unspecified atom stereocenters. The molecule has 2 rings (SSSR count). The zero-order chi connectivity index (χ0) is 10.1. The molecule has 0 fully saturated rings. The molecule has 0 bridgehead atoms. The second kappa shape index (κ2) is 3.53. The zero-order valence-corrected chi connectivity index (χ0v) is 7.90. The first-order chi connectivity index (χ1) is 6.74. The molecule has 1 atom stereocenters. The molecule has 0 saturated carbocycles. The van der Waals surface area contributed by atoms with E-state index in [1.807, 2.05) is 7.05 Å². The summed E-state index contributed by atoms with van der Waals surface area (Å²) in [6, 6.07) is 2.91. The van der Waals surface area contributed by atoms with Crippen molar-refractivity contribution in [2.24, 2.45) is 0 Å². The highest BCUT2D eigenvalue weighted by atomic mass is 19.2. The van der Waals surface area contributed by atoms with Crippen LogP contribution in [-0.4, -0.2) is 13.6 Å². The van der Waals surface area contributed by atoms with Crippen LogP contribution in [0.5, 0.6) is 0 Å². The highest BCUT2D eigenvalue weighted by molar-refractivity contribution is 5.56. The topological polar surface area (TPSA) is 24.1 Å². The van der Waals surface area contributed by atoms with E-state index in [0.29, 0.717) is 12.2 Å². The Balaban J connectivity index is 2.50. The van der Waals surface area contributed by atoms with Gasteiger partial charge in [0.2, 0.25) is 0 Å². The van der Waals surface area contributed by atoms with Crippen LogP contribution in [0, 0.1) is 11.6 Å². The van der Waals surface area contributed by atoms with Crippen LogP contribution in [0.3, 0.4) is 0 Å². The van der Waals surface area contributed by atoms with E-state index in [-0.39, 0.29) is 6.04 Å². The summed E-state index contributed by atoms with van der Waals surface area (Å²) >= 11 is 0. The molecule has 0 spiro atoms. The summed E-state index contributed by atoms with van der Waals surface area (Å²) in [7, 11) is 1.82. The molecule has 0 aromatic heterocycles. The van der Waals surface area contributed by atoms with Gasteiger partial charge in [0.15, 0.2) is 11.6 Å². The first kappa shape index (κ1) is 9.40. The number of benzene rings is 1. The molecule has 0 amide bonds. The minimum atomic E-state index is -0.798. The van der Waals surface area contributed by atoms with Crippen LogP contribution in [0.25, 0.3) is 0 Å². The Hall–Kier alpha value is -1.16. The van der Waals surface area contributed by atoms with Crippen molar-refractivity contribution < 1.29 is 8.78 Å². The molecule has 1 heterocycles. The zero-order valence-electron chi connectivity index (χ0n) is 7.90. The van der Waals surface area contributed by atoms with Crippen LogP contribution in [0.4, 0.5) is 14.5 Å². The Bertz CT molecular complexity index is 352. The molecule has 4 heteroatoms.